The Morgan fingerprint density at radius 1 is 0.725 bits per heavy atom. The smallest absolute Gasteiger partial charge is 0.245 e. The van der Waals surface area contributed by atoms with Crippen LogP contribution in [0.2, 0.25) is 0 Å². The van der Waals surface area contributed by atoms with E-state index < -0.39 is 43.0 Å². The van der Waals surface area contributed by atoms with Crippen LogP contribution in [0.3, 0.4) is 0 Å². The van der Waals surface area contributed by atoms with E-state index in [1.54, 1.807) is 0 Å². The van der Waals surface area contributed by atoms with Crippen molar-refractivity contribution in [3.63, 3.8) is 0 Å². The molecule has 0 bridgehead atoms. The summed E-state index contributed by atoms with van der Waals surface area (Å²) in [5.41, 5.74) is 10.6. The van der Waals surface area contributed by atoms with Crippen molar-refractivity contribution in [2.75, 3.05) is 26.7 Å². The van der Waals surface area contributed by atoms with Crippen molar-refractivity contribution in [2.45, 2.75) is 122 Å². The van der Waals surface area contributed by atoms with E-state index >= 15 is 0 Å². The van der Waals surface area contributed by atoms with Gasteiger partial charge in [-0.05, 0) is 19.3 Å². The summed E-state index contributed by atoms with van der Waals surface area (Å²) in [6.07, 6.45) is 16.7. The summed E-state index contributed by atoms with van der Waals surface area (Å²) in [7, 11) is 1.45. The third-order valence-electron chi connectivity index (χ3n) is 6.61. The zero-order valence-corrected chi connectivity index (χ0v) is 24.8. The molecule has 40 heavy (non-hydrogen) atoms. The van der Waals surface area contributed by atoms with Gasteiger partial charge < -0.3 is 37.8 Å². The first-order chi connectivity index (χ1) is 19.2. The number of aliphatic hydroxyl groups is 1. The minimum Gasteiger partial charge on any atom is -0.394 e. The molecule has 232 valence electrons. The van der Waals surface area contributed by atoms with Gasteiger partial charge in [0.15, 0.2) is 5.96 Å². The van der Waals surface area contributed by atoms with E-state index in [1.807, 2.05) is 0 Å². The molecule has 0 aromatic rings. The number of guanidine groups is 1. The number of likely N-dealkylation sites (N-methyl/N-ethyl adjacent to an activating group) is 1. The quantitative estimate of drug-likeness (QED) is 0.0488. The molecule has 0 rings (SSSR count). The predicted octanol–water partition coefficient (Wildman–Crippen LogP) is 1.35. The molecule has 12 nitrogen and oxygen atoms in total. The van der Waals surface area contributed by atoms with Crippen LogP contribution < -0.4 is 32.7 Å². The number of aliphatic hydroxyl groups excluding tert-OH is 1. The van der Waals surface area contributed by atoms with Gasteiger partial charge >= 0.3 is 0 Å². The highest BCUT2D eigenvalue weighted by molar-refractivity contribution is 5.92. The molecule has 0 aromatic carbocycles. The second-order valence-electron chi connectivity index (χ2n) is 10.2. The molecule has 0 fully saturated rings. The average Bonchev–Trinajstić information content (AvgIpc) is 2.93. The molecule has 4 amide bonds. The summed E-state index contributed by atoms with van der Waals surface area (Å²) in [6, 6.07) is -1.98. The first-order valence-corrected chi connectivity index (χ1v) is 15.0. The van der Waals surface area contributed by atoms with Crippen molar-refractivity contribution in [2.24, 2.45) is 16.5 Å². The molecule has 0 aliphatic heterocycles. The van der Waals surface area contributed by atoms with Crippen LogP contribution in [-0.2, 0) is 19.2 Å². The molecular weight excluding hydrogens is 514 g/mol. The highest BCUT2D eigenvalue weighted by Gasteiger charge is 2.22. The van der Waals surface area contributed by atoms with Gasteiger partial charge in [0.25, 0.3) is 0 Å². The first-order valence-electron chi connectivity index (χ1n) is 15.0. The average molecular weight is 570 g/mol. The van der Waals surface area contributed by atoms with Gasteiger partial charge in [-0.2, -0.15) is 0 Å². The molecule has 2 atom stereocenters. The number of hydrogen-bond donors (Lipinski definition) is 7. The summed E-state index contributed by atoms with van der Waals surface area (Å²) in [5.74, 6) is -2.03. The van der Waals surface area contributed by atoms with E-state index in [4.69, 9.17) is 11.5 Å². The standard InChI is InChI=1S/C28H55N7O5/c1-3-4-5-6-7-8-9-10-11-12-13-14-15-18-24(37)35-23(21-36)27(40)33-20-25(38)34-22(26(39)31-2)17-16-19-32-28(29)30/h22-23,36H,3-21H2,1-2H3,(H,31,39)(H,33,40)(H,34,38)(H,35,37)(H4,29,30,32). The number of unbranched alkanes of at least 4 members (excludes halogenated alkanes) is 12. The number of carbonyl (C=O) groups excluding carboxylic acids is 4. The van der Waals surface area contributed by atoms with Crippen molar-refractivity contribution >= 4 is 29.6 Å². The van der Waals surface area contributed by atoms with Gasteiger partial charge in [-0.1, -0.05) is 84.0 Å². The number of rotatable bonds is 25. The van der Waals surface area contributed by atoms with E-state index in [0.717, 1.165) is 25.7 Å². The molecule has 12 heteroatoms. The number of nitrogens with one attached hydrogen (secondary N) is 4. The largest absolute Gasteiger partial charge is 0.394 e. The van der Waals surface area contributed by atoms with E-state index in [1.165, 1.54) is 64.8 Å². The second-order valence-corrected chi connectivity index (χ2v) is 10.2. The Morgan fingerprint density at radius 3 is 1.75 bits per heavy atom. The Bertz CT molecular complexity index is 745. The summed E-state index contributed by atoms with van der Waals surface area (Å²) in [4.78, 5) is 52.8. The Kier molecular flexibility index (Phi) is 23.3. The van der Waals surface area contributed by atoms with Crippen LogP contribution in [0.1, 0.15) is 110 Å². The van der Waals surface area contributed by atoms with Crippen molar-refractivity contribution in [1.82, 2.24) is 21.3 Å². The van der Waals surface area contributed by atoms with Crippen LogP contribution in [0.5, 0.6) is 0 Å². The highest BCUT2D eigenvalue weighted by Crippen LogP contribution is 2.13. The van der Waals surface area contributed by atoms with Crippen LogP contribution >= 0.6 is 0 Å². The van der Waals surface area contributed by atoms with Gasteiger partial charge in [0.05, 0.1) is 13.2 Å². The zero-order valence-electron chi connectivity index (χ0n) is 24.8. The maximum absolute atomic E-state index is 12.4. The fourth-order valence-electron chi connectivity index (χ4n) is 4.25. The lowest BCUT2D eigenvalue weighted by atomic mass is 10.0. The topological polar surface area (TPSA) is 201 Å². The lowest BCUT2D eigenvalue weighted by Gasteiger charge is -2.19. The molecule has 0 aliphatic rings. The van der Waals surface area contributed by atoms with Crippen LogP contribution in [0, 0.1) is 0 Å². The molecule has 0 heterocycles. The molecule has 9 N–H and O–H groups in total. The highest BCUT2D eigenvalue weighted by atomic mass is 16.3. The third kappa shape index (κ3) is 21.0. The number of hydrogen-bond acceptors (Lipinski definition) is 6. The molecule has 0 radical (unpaired) electrons. The van der Waals surface area contributed by atoms with Crippen molar-refractivity contribution in [3.8, 4) is 0 Å². The summed E-state index contributed by atoms with van der Waals surface area (Å²) < 4.78 is 0. The SMILES string of the molecule is CCCCCCCCCCCCCCCC(=O)NC(CO)C(=O)NCC(=O)NC(CCCN=C(N)N)C(=O)NC. The fraction of sp³-hybridized carbons (Fsp3) is 0.821. The molecular formula is C28H55N7O5. The van der Waals surface area contributed by atoms with Gasteiger partial charge in [-0.15, -0.1) is 0 Å². The van der Waals surface area contributed by atoms with E-state index in [2.05, 4.69) is 33.2 Å². The van der Waals surface area contributed by atoms with E-state index in [9.17, 15) is 24.3 Å². The minimum absolute atomic E-state index is 0.0573. The van der Waals surface area contributed by atoms with Crippen LogP contribution in [0.15, 0.2) is 4.99 Å². The van der Waals surface area contributed by atoms with Gasteiger partial charge in [0.1, 0.15) is 12.1 Å². The normalized spacial score (nSPS) is 12.2. The minimum atomic E-state index is -1.16. The maximum atomic E-state index is 12.4. The van der Waals surface area contributed by atoms with Gasteiger partial charge in [0, 0.05) is 20.0 Å². The molecule has 0 saturated heterocycles. The van der Waals surface area contributed by atoms with Crippen molar-refractivity contribution in [3.05, 3.63) is 0 Å². The number of nitrogens with zero attached hydrogens (tertiary/aromatic N) is 1. The Hall–Kier alpha value is -2.89. The van der Waals surface area contributed by atoms with E-state index in [-0.39, 0.29) is 18.3 Å². The molecule has 0 spiro atoms. The molecule has 0 saturated carbocycles. The second kappa shape index (κ2) is 25.1. The van der Waals surface area contributed by atoms with Crippen molar-refractivity contribution in [1.29, 1.82) is 0 Å². The predicted molar refractivity (Wildman–Crippen MR) is 158 cm³/mol. The lowest BCUT2D eigenvalue weighted by molar-refractivity contribution is -0.132. The van der Waals surface area contributed by atoms with Crippen LogP contribution in [0.25, 0.3) is 0 Å². The first kappa shape index (κ1) is 37.1. The molecule has 0 aliphatic carbocycles. The monoisotopic (exact) mass is 569 g/mol. The van der Waals surface area contributed by atoms with Crippen molar-refractivity contribution < 1.29 is 24.3 Å². The fourth-order valence-corrected chi connectivity index (χ4v) is 4.25. The Labute approximate surface area is 240 Å². The number of amides is 4. The summed E-state index contributed by atoms with van der Waals surface area (Å²) >= 11 is 0. The summed E-state index contributed by atoms with van der Waals surface area (Å²) in [6.45, 7) is 1.54. The van der Waals surface area contributed by atoms with Gasteiger partial charge in [-0.25, -0.2) is 0 Å². The molecule has 0 aromatic heterocycles. The Morgan fingerprint density at radius 2 is 1.25 bits per heavy atom. The van der Waals surface area contributed by atoms with Gasteiger partial charge in [0.2, 0.25) is 23.6 Å². The molecule has 2 unspecified atom stereocenters. The number of carbonyl (C=O) groups is 4. The van der Waals surface area contributed by atoms with Crippen LogP contribution in [0.4, 0.5) is 0 Å². The Balaban J connectivity index is 4.13. The number of aliphatic imine (C=N–C) groups is 1. The zero-order chi connectivity index (χ0) is 30.0. The summed E-state index contributed by atoms with van der Waals surface area (Å²) in [5, 5.41) is 19.5. The van der Waals surface area contributed by atoms with Gasteiger partial charge in [-0.3, -0.25) is 24.2 Å². The number of nitrogens with two attached hydrogens (primary N) is 2. The maximum Gasteiger partial charge on any atom is 0.245 e. The van der Waals surface area contributed by atoms with E-state index in [0.29, 0.717) is 19.4 Å². The third-order valence-corrected chi connectivity index (χ3v) is 6.61. The lowest BCUT2D eigenvalue weighted by Crippen LogP contribution is -2.52. The van der Waals surface area contributed by atoms with Crippen LogP contribution in [-0.4, -0.2) is 73.5 Å².